The quantitative estimate of drug-likeness (QED) is 0.0213. The van der Waals surface area contributed by atoms with Crippen molar-refractivity contribution in [2.24, 2.45) is 0 Å². The van der Waals surface area contributed by atoms with Crippen molar-refractivity contribution in [1.82, 2.24) is 5.32 Å². The van der Waals surface area contributed by atoms with Crippen molar-refractivity contribution >= 4 is 5.91 Å². The van der Waals surface area contributed by atoms with Crippen molar-refractivity contribution in [3.05, 3.63) is 109 Å². The van der Waals surface area contributed by atoms with Crippen molar-refractivity contribution in [3.63, 3.8) is 0 Å². The van der Waals surface area contributed by atoms with Gasteiger partial charge in [-0.1, -0.05) is 168 Å². The molecule has 14 nitrogen and oxygen atoms in total. The van der Waals surface area contributed by atoms with Crippen LogP contribution in [-0.2, 0) is 23.7 Å². The number of unbranched alkanes of at least 4 members (excludes halogenated alkanes) is 10. The maximum Gasteiger partial charge on any atom is 0.220 e. The largest absolute Gasteiger partial charge is 0.394 e. The molecule has 2 aliphatic rings. The number of amides is 1. The van der Waals surface area contributed by atoms with Crippen LogP contribution in [0.15, 0.2) is 109 Å². The SMILES string of the molecule is CC/C=C\C/C=C\C/C=C\C/C=C\C/C=C\C/C=C\C/C=C\CCCC(=O)NC(COC1OC(CO)C(OC2OC(CO)C(O)C(O)C2O)C(O)C1O)C(O)/C=C/CC/C=C/CCCCCCCCCC. The molecule has 0 saturated carbocycles. The summed E-state index contributed by atoms with van der Waals surface area (Å²) in [6.45, 7) is 2.58. The van der Waals surface area contributed by atoms with E-state index < -0.39 is 86.8 Å². The number of aliphatic hydroxyl groups excluding tert-OH is 8. The Morgan fingerprint density at radius 2 is 0.986 bits per heavy atom. The zero-order valence-corrected chi connectivity index (χ0v) is 42.9. The second-order valence-corrected chi connectivity index (χ2v) is 18.3. The Balaban J connectivity index is 1.86. The van der Waals surface area contributed by atoms with Crippen LogP contribution in [0.4, 0.5) is 0 Å². The molecule has 0 aromatic carbocycles. The number of carbonyl (C=O) groups excluding carboxylic acids is 1. The Bertz CT molecular complexity index is 1600. The molecular formula is C57H93NO13. The van der Waals surface area contributed by atoms with Crippen molar-refractivity contribution in [2.45, 2.75) is 222 Å². The fraction of sp³-hybridized carbons (Fsp3) is 0.667. The highest BCUT2D eigenvalue weighted by Crippen LogP contribution is 2.30. The smallest absolute Gasteiger partial charge is 0.220 e. The van der Waals surface area contributed by atoms with Crippen LogP contribution < -0.4 is 5.32 Å². The summed E-state index contributed by atoms with van der Waals surface area (Å²) >= 11 is 0. The third kappa shape index (κ3) is 28.6. The summed E-state index contributed by atoms with van der Waals surface area (Å²) < 4.78 is 22.6. The second kappa shape index (κ2) is 42.1. The van der Waals surface area contributed by atoms with E-state index in [1.807, 2.05) is 12.2 Å². The average molecular weight is 1000 g/mol. The summed E-state index contributed by atoms with van der Waals surface area (Å²) in [6.07, 6.45) is 41.3. The van der Waals surface area contributed by atoms with Crippen molar-refractivity contribution in [1.29, 1.82) is 0 Å². The fourth-order valence-corrected chi connectivity index (χ4v) is 7.88. The van der Waals surface area contributed by atoms with Gasteiger partial charge in [-0.15, -0.1) is 0 Å². The summed E-state index contributed by atoms with van der Waals surface area (Å²) in [5, 5.41) is 86.7. The van der Waals surface area contributed by atoms with Gasteiger partial charge < -0.3 is 65.1 Å². The van der Waals surface area contributed by atoms with Crippen LogP contribution in [-0.4, -0.2) is 140 Å². The maximum atomic E-state index is 13.2. The molecule has 12 atom stereocenters. The molecule has 0 aliphatic carbocycles. The highest BCUT2D eigenvalue weighted by molar-refractivity contribution is 5.76. The zero-order chi connectivity index (χ0) is 51.7. The first-order valence-corrected chi connectivity index (χ1v) is 26.6. The van der Waals surface area contributed by atoms with Gasteiger partial charge in [0.05, 0.1) is 32.0 Å². The molecule has 2 rings (SSSR count). The molecule has 1 amide bonds. The van der Waals surface area contributed by atoms with E-state index in [1.54, 1.807) is 6.08 Å². The molecule has 2 fully saturated rings. The van der Waals surface area contributed by atoms with Gasteiger partial charge in [0.1, 0.15) is 48.8 Å². The first-order valence-electron chi connectivity index (χ1n) is 26.6. The maximum absolute atomic E-state index is 13.2. The van der Waals surface area contributed by atoms with Crippen LogP contribution in [0.5, 0.6) is 0 Å². The Labute approximate surface area is 425 Å². The number of hydrogen-bond acceptors (Lipinski definition) is 13. The lowest BCUT2D eigenvalue weighted by Gasteiger charge is -2.46. The number of carbonyl (C=O) groups is 1. The minimum Gasteiger partial charge on any atom is -0.394 e. The number of rotatable bonds is 39. The molecule has 2 aliphatic heterocycles. The zero-order valence-electron chi connectivity index (χ0n) is 42.9. The molecule has 14 heteroatoms. The molecule has 0 radical (unpaired) electrons. The average Bonchev–Trinajstić information content (AvgIpc) is 3.37. The molecule has 71 heavy (non-hydrogen) atoms. The van der Waals surface area contributed by atoms with Gasteiger partial charge in [-0.05, 0) is 83.5 Å². The van der Waals surface area contributed by atoms with Gasteiger partial charge in [-0.2, -0.15) is 0 Å². The predicted octanol–water partition coefficient (Wildman–Crippen LogP) is 7.71. The Morgan fingerprint density at radius 1 is 0.521 bits per heavy atom. The van der Waals surface area contributed by atoms with Crippen molar-refractivity contribution in [3.8, 4) is 0 Å². The summed E-state index contributed by atoms with van der Waals surface area (Å²) in [4.78, 5) is 13.2. The lowest BCUT2D eigenvalue weighted by Crippen LogP contribution is -2.65. The van der Waals surface area contributed by atoms with Crippen molar-refractivity contribution in [2.75, 3.05) is 19.8 Å². The van der Waals surface area contributed by atoms with E-state index in [0.29, 0.717) is 19.3 Å². The molecule has 0 spiro atoms. The summed E-state index contributed by atoms with van der Waals surface area (Å²) in [7, 11) is 0. The number of hydrogen-bond donors (Lipinski definition) is 9. The topological polar surface area (TPSA) is 228 Å². The Kier molecular flexibility index (Phi) is 37.8. The molecule has 0 aromatic heterocycles. The van der Waals surface area contributed by atoms with Gasteiger partial charge in [0.25, 0.3) is 0 Å². The number of ether oxygens (including phenoxy) is 4. The fourth-order valence-electron chi connectivity index (χ4n) is 7.88. The van der Waals surface area contributed by atoms with Gasteiger partial charge in [0, 0.05) is 6.42 Å². The van der Waals surface area contributed by atoms with Gasteiger partial charge in [-0.3, -0.25) is 4.79 Å². The van der Waals surface area contributed by atoms with E-state index in [0.717, 1.165) is 57.8 Å². The monoisotopic (exact) mass is 1000 g/mol. The summed E-state index contributed by atoms with van der Waals surface area (Å²) in [5.41, 5.74) is 0. The van der Waals surface area contributed by atoms with Crippen molar-refractivity contribution < 1.29 is 64.6 Å². The third-order valence-corrected chi connectivity index (χ3v) is 12.2. The highest BCUT2D eigenvalue weighted by Gasteiger charge is 2.51. The first kappa shape index (κ1) is 63.8. The Morgan fingerprint density at radius 3 is 1.55 bits per heavy atom. The number of allylic oxidation sites excluding steroid dienone is 17. The van der Waals surface area contributed by atoms with Crippen LogP contribution in [0.1, 0.15) is 149 Å². The van der Waals surface area contributed by atoms with Crippen LogP contribution in [0.2, 0.25) is 0 Å². The first-order chi connectivity index (χ1) is 34.6. The molecule has 2 saturated heterocycles. The van der Waals surface area contributed by atoms with Crippen LogP contribution in [0.25, 0.3) is 0 Å². The molecule has 404 valence electrons. The minimum absolute atomic E-state index is 0.186. The second-order valence-electron chi connectivity index (χ2n) is 18.3. The van der Waals surface area contributed by atoms with E-state index in [2.05, 4.69) is 110 Å². The van der Waals surface area contributed by atoms with E-state index in [9.17, 15) is 45.6 Å². The summed E-state index contributed by atoms with van der Waals surface area (Å²) in [5.74, 6) is -0.313. The Hall–Kier alpha value is -3.35. The third-order valence-electron chi connectivity index (χ3n) is 12.2. The van der Waals surface area contributed by atoms with Gasteiger partial charge in [0.2, 0.25) is 5.91 Å². The van der Waals surface area contributed by atoms with Gasteiger partial charge in [-0.25, -0.2) is 0 Å². The predicted molar refractivity (Wildman–Crippen MR) is 281 cm³/mol. The standard InChI is InChI=1S/C57H93NO13/c1-3-5-7-9-11-13-15-17-19-20-21-22-23-24-25-26-27-29-31-33-35-37-39-41-49(62)58-45(46(61)40-38-36-34-32-30-28-18-16-14-12-10-8-6-4-2)44-68-56-54(67)52(65)55(48(43-60)70-56)71-57-53(66)51(64)50(63)47(42-59)69-57/h5,7,11,13,17,19,21-22,24-25,27,29-30,32-33,35,38,40,45-48,50-57,59-61,63-67H,3-4,6,8-10,12,14-16,18,20,23,26,28,31,34,36-37,39,41-44H2,1-2H3,(H,58,62)/b7-5-,13-11-,19-17-,22-21-,25-24-,29-27-,32-30+,35-33-,40-38+. The van der Waals surface area contributed by atoms with E-state index in [1.165, 1.54) is 51.4 Å². The lowest BCUT2D eigenvalue weighted by atomic mass is 9.97. The number of aliphatic hydroxyl groups is 8. The van der Waals surface area contributed by atoms with E-state index >= 15 is 0 Å². The summed E-state index contributed by atoms with van der Waals surface area (Å²) in [6, 6.07) is -0.969. The number of nitrogens with one attached hydrogen (secondary N) is 1. The highest BCUT2D eigenvalue weighted by atomic mass is 16.7. The van der Waals surface area contributed by atoms with Gasteiger partial charge in [0.15, 0.2) is 12.6 Å². The molecule has 0 bridgehead atoms. The molecule has 12 unspecified atom stereocenters. The molecule has 9 N–H and O–H groups in total. The van der Waals surface area contributed by atoms with Crippen LogP contribution in [0.3, 0.4) is 0 Å². The normalized spacial score (nSPS) is 26.7. The molecule has 0 aromatic rings. The van der Waals surface area contributed by atoms with E-state index in [-0.39, 0.29) is 18.9 Å². The van der Waals surface area contributed by atoms with Gasteiger partial charge >= 0.3 is 0 Å². The lowest BCUT2D eigenvalue weighted by molar-refractivity contribution is -0.359. The van der Waals surface area contributed by atoms with Crippen LogP contribution >= 0.6 is 0 Å². The minimum atomic E-state index is -1.80. The molecular weight excluding hydrogens is 907 g/mol. The van der Waals surface area contributed by atoms with Crippen LogP contribution in [0, 0.1) is 0 Å². The van der Waals surface area contributed by atoms with E-state index in [4.69, 9.17) is 18.9 Å². The molecule has 2 heterocycles.